The van der Waals surface area contributed by atoms with Gasteiger partial charge in [0.1, 0.15) is 5.82 Å². The van der Waals surface area contributed by atoms with Crippen molar-refractivity contribution in [1.82, 2.24) is 4.57 Å². The first kappa shape index (κ1) is 20.5. The predicted molar refractivity (Wildman–Crippen MR) is 103 cm³/mol. The molecule has 1 fully saturated rings. The maximum Gasteiger partial charge on any atom is 0.416 e. The Balaban J connectivity index is 2.09. The zero-order chi connectivity index (χ0) is 21.6. The molecule has 0 bridgehead atoms. The summed E-state index contributed by atoms with van der Waals surface area (Å²) in [7, 11) is 0. The second-order valence-electron chi connectivity index (χ2n) is 6.74. The number of morpholine rings is 1. The zero-order valence-corrected chi connectivity index (χ0v) is 16.1. The van der Waals surface area contributed by atoms with Gasteiger partial charge in [-0.1, -0.05) is 17.7 Å². The average Bonchev–Trinajstić information content (AvgIpc) is 3.07. The van der Waals surface area contributed by atoms with Crippen molar-refractivity contribution in [3.05, 3.63) is 58.5 Å². The molecular formula is C20H15ClF4N2O3. The first-order chi connectivity index (χ1) is 14.2. The standard InChI is InChI=1S/C20H15ClF4N2O3/c21-16-13(22)4-5-14-15(16)17(26-6-8-30-9-7-26)18(19(28)29)27(14)12-3-1-2-11(10-12)20(23,24)25/h1-5,10H,6-9H2,(H,28,29). The Bertz CT molecular complexity index is 1140. The van der Waals surface area contributed by atoms with E-state index in [9.17, 15) is 27.5 Å². The van der Waals surface area contributed by atoms with E-state index >= 15 is 0 Å². The Morgan fingerprint density at radius 1 is 1.13 bits per heavy atom. The van der Waals surface area contributed by atoms with Crippen LogP contribution in [0.3, 0.4) is 0 Å². The third kappa shape index (κ3) is 3.37. The molecule has 0 aliphatic carbocycles. The number of alkyl halides is 3. The summed E-state index contributed by atoms with van der Waals surface area (Å²) in [5.41, 5.74) is -0.894. The SMILES string of the molecule is O=C(O)c1c(N2CCOCC2)c2c(Cl)c(F)ccc2n1-c1cccc(C(F)(F)F)c1. The average molecular weight is 443 g/mol. The molecule has 1 aromatic heterocycles. The molecule has 0 atom stereocenters. The molecule has 2 heterocycles. The molecule has 1 saturated heterocycles. The minimum atomic E-state index is -4.61. The lowest BCUT2D eigenvalue weighted by Crippen LogP contribution is -2.37. The molecular weight excluding hydrogens is 428 g/mol. The Morgan fingerprint density at radius 2 is 1.83 bits per heavy atom. The van der Waals surface area contributed by atoms with Crippen LogP contribution in [0.15, 0.2) is 36.4 Å². The molecule has 1 aliphatic heterocycles. The van der Waals surface area contributed by atoms with Gasteiger partial charge in [-0.2, -0.15) is 13.2 Å². The van der Waals surface area contributed by atoms with Crippen molar-refractivity contribution in [2.45, 2.75) is 6.18 Å². The number of carboxylic acid groups (broad SMARTS) is 1. The Hall–Kier alpha value is -2.78. The molecule has 0 spiro atoms. The third-order valence-electron chi connectivity index (χ3n) is 4.96. The third-order valence-corrected chi connectivity index (χ3v) is 5.33. The summed E-state index contributed by atoms with van der Waals surface area (Å²) in [4.78, 5) is 14.0. The minimum absolute atomic E-state index is 0.0191. The molecule has 0 unspecified atom stereocenters. The number of fused-ring (bicyclic) bond motifs is 1. The summed E-state index contributed by atoms with van der Waals surface area (Å²) in [6.07, 6.45) is -4.61. The van der Waals surface area contributed by atoms with Gasteiger partial charge in [-0.25, -0.2) is 9.18 Å². The molecule has 30 heavy (non-hydrogen) atoms. The fourth-order valence-corrected chi connectivity index (χ4v) is 3.93. The smallest absolute Gasteiger partial charge is 0.416 e. The van der Waals surface area contributed by atoms with Crippen LogP contribution in [0, 0.1) is 5.82 Å². The maximum absolute atomic E-state index is 14.3. The molecule has 158 valence electrons. The van der Waals surface area contributed by atoms with E-state index in [1.807, 2.05) is 0 Å². The summed E-state index contributed by atoms with van der Waals surface area (Å²) in [5, 5.41) is 9.83. The molecule has 5 nitrogen and oxygen atoms in total. The van der Waals surface area contributed by atoms with Crippen LogP contribution in [0.2, 0.25) is 5.02 Å². The quantitative estimate of drug-likeness (QED) is 0.581. The Kier molecular flexibility index (Phi) is 5.11. The lowest BCUT2D eigenvalue weighted by Gasteiger charge is -2.29. The first-order valence-electron chi connectivity index (χ1n) is 8.96. The highest BCUT2D eigenvalue weighted by molar-refractivity contribution is 6.37. The number of hydrogen-bond donors (Lipinski definition) is 1. The number of aromatic nitrogens is 1. The van der Waals surface area contributed by atoms with E-state index < -0.39 is 23.5 Å². The van der Waals surface area contributed by atoms with Crippen molar-refractivity contribution < 1.29 is 32.2 Å². The van der Waals surface area contributed by atoms with Gasteiger partial charge in [0.2, 0.25) is 0 Å². The fourth-order valence-electron chi connectivity index (χ4n) is 3.68. The predicted octanol–water partition coefficient (Wildman–Crippen LogP) is 4.98. The Labute approximate surface area is 173 Å². The number of rotatable bonds is 3. The highest BCUT2D eigenvalue weighted by Gasteiger charge is 2.33. The maximum atomic E-state index is 14.3. The summed E-state index contributed by atoms with van der Waals surface area (Å²) in [5.74, 6) is -2.13. The highest BCUT2D eigenvalue weighted by Crippen LogP contribution is 2.42. The molecule has 10 heteroatoms. The van der Waals surface area contributed by atoms with Crippen LogP contribution in [0.5, 0.6) is 0 Å². The topological polar surface area (TPSA) is 54.7 Å². The van der Waals surface area contributed by atoms with Gasteiger partial charge >= 0.3 is 12.1 Å². The molecule has 2 aromatic carbocycles. The van der Waals surface area contributed by atoms with Gasteiger partial charge in [0.25, 0.3) is 0 Å². The van der Waals surface area contributed by atoms with Crippen molar-refractivity contribution in [2.24, 2.45) is 0 Å². The van der Waals surface area contributed by atoms with E-state index in [1.165, 1.54) is 22.8 Å². The number of nitrogens with zero attached hydrogens (tertiary/aromatic N) is 2. The number of carbonyl (C=O) groups is 1. The van der Waals surface area contributed by atoms with E-state index in [2.05, 4.69) is 0 Å². The molecule has 1 N–H and O–H groups in total. The highest BCUT2D eigenvalue weighted by atomic mass is 35.5. The number of halogens is 5. The molecule has 0 radical (unpaired) electrons. The number of aromatic carboxylic acids is 1. The van der Waals surface area contributed by atoms with E-state index in [1.54, 1.807) is 4.90 Å². The van der Waals surface area contributed by atoms with Gasteiger partial charge in [0, 0.05) is 24.2 Å². The second-order valence-corrected chi connectivity index (χ2v) is 7.12. The molecule has 0 saturated carbocycles. The van der Waals surface area contributed by atoms with Crippen LogP contribution in [-0.2, 0) is 10.9 Å². The van der Waals surface area contributed by atoms with Crippen LogP contribution in [0.1, 0.15) is 16.1 Å². The minimum Gasteiger partial charge on any atom is -0.476 e. The summed E-state index contributed by atoms with van der Waals surface area (Å²) >= 11 is 6.21. The van der Waals surface area contributed by atoms with Gasteiger partial charge in [-0.05, 0) is 30.3 Å². The van der Waals surface area contributed by atoms with Crippen molar-refractivity contribution in [3.8, 4) is 5.69 Å². The first-order valence-corrected chi connectivity index (χ1v) is 9.34. The van der Waals surface area contributed by atoms with Crippen LogP contribution < -0.4 is 4.90 Å². The molecule has 1 aliphatic rings. The van der Waals surface area contributed by atoms with Gasteiger partial charge in [0.05, 0.1) is 35.0 Å². The number of ether oxygens (including phenoxy) is 1. The van der Waals surface area contributed by atoms with Gasteiger partial charge < -0.3 is 19.3 Å². The monoisotopic (exact) mass is 442 g/mol. The molecule has 4 rings (SSSR count). The summed E-state index contributed by atoms with van der Waals surface area (Å²) < 4.78 is 60.5. The molecule has 3 aromatic rings. The van der Waals surface area contributed by atoms with E-state index in [0.29, 0.717) is 26.3 Å². The van der Waals surface area contributed by atoms with Crippen molar-refractivity contribution in [1.29, 1.82) is 0 Å². The lowest BCUT2D eigenvalue weighted by molar-refractivity contribution is -0.137. The van der Waals surface area contributed by atoms with Crippen molar-refractivity contribution in [3.63, 3.8) is 0 Å². The van der Waals surface area contributed by atoms with Crippen LogP contribution in [0.25, 0.3) is 16.6 Å². The number of hydrogen-bond acceptors (Lipinski definition) is 3. The van der Waals surface area contributed by atoms with E-state index in [0.717, 1.165) is 18.2 Å². The largest absolute Gasteiger partial charge is 0.476 e. The van der Waals surface area contributed by atoms with Crippen LogP contribution in [0.4, 0.5) is 23.2 Å². The fraction of sp³-hybridized carbons (Fsp3) is 0.250. The summed E-state index contributed by atoms with van der Waals surface area (Å²) in [6, 6.07) is 6.67. The van der Waals surface area contributed by atoms with E-state index in [-0.39, 0.29) is 33.0 Å². The number of anilines is 1. The molecule has 0 amide bonds. The number of benzene rings is 2. The number of carboxylic acids is 1. The van der Waals surface area contributed by atoms with Gasteiger partial charge in [-0.15, -0.1) is 0 Å². The zero-order valence-electron chi connectivity index (χ0n) is 15.3. The Morgan fingerprint density at radius 3 is 2.47 bits per heavy atom. The van der Waals surface area contributed by atoms with Crippen LogP contribution in [-0.4, -0.2) is 41.9 Å². The second kappa shape index (κ2) is 7.48. The normalized spacial score (nSPS) is 15.0. The van der Waals surface area contributed by atoms with E-state index in [4.69, 9.17) is 16.3 Å². The van der Waals surface area contributed by atoms with Crippen molar-refractivity contribution >= 4 is 34.2 Å². The van der Waals surface area contributed by atoms with Gasteiger partial charge in [-0.3, -0.25) is 0 Å². The lowest BCUT2D eigenvalue weighted by atomic mass is 10.2. The van der Waals surface area contributed by atoms with Crippen LogP contribution >= 0.6 is 11.6 Å². The van der Waals surface area contributed by atoms with Gasteiger partial charge in [0.15, 0.2) is 5.69 Å². The summed E-state index contributed by atoms with van der Waals surface area (Å²) in [6.45, 7) is 1.30. The van der Waals surface area contributed by atoms with Crippen molar-refractivity contribution in [2.75, 3.05) is 31.2 Å².